The first-order chi connectivity index (χ1) is 16.2. The Morgan fingerprint density at radius 1 is 0.853 bits per heavy atom. The molecule has 7 atom stereocenters. The predicted octanol–water partition coefficient (Wildman–Crippen LogP) is 4.74. The van der Waals surface area contributed by atoms with Gasteiger partial charge in [-0.1, -0.05) is 58.4 Å². The molecule has 0 radical (unpaired) electrons. The summed E-state index contributed by atoms with van der Waals surface area (Å²) in [5, 5.41) is 27.3. The maximum atomic E-state index is 10.5. The van der Waals surface area contributed by atoms with E-state index in [0.29, 0.717) is 12.3 Å². The Balaban J connectivity index is -0.00000227. The van der Waals surface area contributed by atoms with E-state index >= 15 is 0 Å². The van der Waals surface area contributed by atoms with Crippen LogP contribution in [0.15, 0.2) is 23.8 Å². The molecule has 0 aliphatic heterocycles. The monoisotopic (exact) mass is 492 g/mol. The van der Waals surface area contributed by atoms with Gasteiger partial charge in [0.15, 0.2) is 6.29 Å². The smallest absolute Gasteiger partial charge is 0.180 e. The van der Waals surface area contributed by atoms with E-state index in [9.17, 15) is 10.2 Å². The van der Waals surface area contributed by atoms with Crippen molar-refractivity contribution in [2.24, 2.45) is 11.8 Å². The Hall–Kier alpha value is -0.800. The minimum Gasteiger partial charge on any atom is -0.400 e. The van der Waals surface area contributed by atoms with E-state index < -0.39 is 12.4 Å². The predicted molar refractivity (Wildman–Crippen MR) is 141 cm³/mol. The molecule has 0 fully saturated rings. The zero-order valence-electron chi connectivity index (χ0n) is 23.8. The highest BCUT2D eigenvalue weighted by Crippen LogP contribution is 2.21. The quantitative estimate of drug-likeness (QED) is 0.199. The average molecular weight is 493 g/mol. The summed E-state index contributed by atoms with van der Waals surface area (Å²) in [4.78, 5) is 0. The lowest BCUT2D eigenvalue weighted by Crippen LogP contribution is -2.33. The normalized spacial score (nSPS) is 18.0. The molecule has 0 aliphatic rings. The van der Waals surface area contributed by atoms with Gasteiger partial charge < -0.3 is 34.3 Å². The minimum absolute atomic E-state index is 0.0804. The Morgan fingerprint density at radius 2 is 1.41 bits per heavy atom. The molecule has 7 nitrogen and oxygen atoms in total. The molecule has 7 heteroatoms. The van der Waals surface area contributed by atoms with Crippen molar-refractivity contribution in [3.63, 3.8) is 0 Å². The first-order valence-electron chi connectivity index (χ1n) is 12.5. The number of aliphatic hydroxyl groups is 3. The van der Waals surface area contributed by atoms with Crippen LogP contribution in [0.25, 0.3) is 0 Å². The van der Waals surface area contributed by atoms with Crippen molar-refractivity contribution in [3.8, 4) is 0 Å². The van der Waals surface area contributed by atoms with Crippen LogP contribution in [0, 0.1) is 11.8 Å². The molecule has 0 saturated heterocycles. The van der Waals surface area contributed by atoms with Crippen molar-refractivity contribution in [1.82, 2.24) is 0 Å². The molecule has 3 N–H and O–H groups in total. The van der Waals surface area contributed by atoms with Gasteiger partial charge in [0, 0.05) is 47.9 Å². The van der Waals surface area contributed by atoms with Crippen LogP contribution < -0.4 is 0 Å². The number of allylic oxidation sites excluding steroid dienone is 2. The maximum absolute atomic E-state index is 10.5. The lowest BCUT2D eigenvalue weighted by atomic mass is 9.91. The van der Waals surface area contributed by atoms with Gasteiger partial charge in [-0.3, -0.25) is 0 Å². The second-order valence-corrected chi connectivity index (χ2v) is 8.26. The fourth-order valence-electron chi connectivity index (χ4n) is 3.64. The summed E-state index contributed by atoms with van der Waals surface area (Å²) in [5.74, 6) is 0.517. The van der Waals surface area contributed by atoms with Crippen molar-refractivity contribution >= 4 is 0 Å². The van der Waals surface area contributed by atoms with E-state index in [1.54, 1.807) is 21.3 Å². The molecule has 0 heterocycles. The van der Waals surface area contributed by atoms with Gasteiger partial charge >= 0.3 is 0 Å². The van der Waals surface area contributed by atoms with Crippen molar-refractivity contribution in [3.05, 3.63) is 23.8 Å². The number of ether oxygens (including phenoxy) is 4. The lowest BCUT2D eigenvalue weighted by Gasteiger charge is -2.25. The molecule has 206 valence electrons. The SMILES string of the molecule is CC.CCC(OC)C(C)CCC(O)C(C)/C=C/C=C(\C)CC(CC(OC)C(O)OC)OC.CO. The van der Waals surface area contributed by atoms with Crippen LogP contribution in [0.2, 0.25) is 0 Å². The molecule has 0 bridgehead atoms. The van der Waals surface area contributed by atoms with Crippen LogP contribution in [0.3, 0.4) is 0 Å². The minimum atomic E-state index is -0.974. The van der Waals surface area contributed by atoms with Crippen molar-refractivity contribution < 1.29 is 34.3 Å². The standard InChI is InChI=1S/C24H46O6.C2H6.CH4O/c1-9-22(28-6)19(4)13-14-21(25)18(3)12-10-11-17(2)15-20(27-5)16-23(29-7)24(26)30-8;2*1-2/h10-12,18-26H,9,13-16H2,1-8H3;1-2H3;2H,1H3/b12-10+,17-11+;;. The third kappa shape index (κ3) is 17.6. The molecule has 0 rings (SSSR count). The second-order valence-electron chi connectivity index (χ2n) is 8.26. The summed E-state index contributed by atoms with van der Waals surface area (Å²) < 4.78 is 21.3. The highest BCUT2D eigenvalue weighted by molar-refractivity contribution is 5.12. The summed E-state index contributed by atoms with van der Waals surface area (Å²) >= 11 is 0. The summed E-state index contributed by atoms with van der Waals surface area (Å²) in [7, 11) is 7.41. The Bertz CT molecular complexity index is 478. The van der Waals surface area contributed by atoms with E-state index in [1.165, 1.54) is 7.11 Å². The van der Waals surface area contributed by atoms with Gasteiger partial charge in [-0.2, -0.15) is 0 Å². The molecular weight excluding hydrogens is 436 g/mol. The molecule has 0 aliphatic carbocycles. The van der Waals surface area contributed by atoms with Crippen molar-refractivity contribution in [2.75, 3.05) is 35.5 Å². The summed E-state index contributed by atoms with van der Waals surface area (Å²) in [6, 6.07) is 0. The van der Waals surface area contributed by atoms with Crippen LogP contribution in [-0.4, -0.2) is 81.6 Å². The average Bonchev–Trinajstić information content (AvgIpc) is 2.87. The third-order valence-electron chi connectivity index (χ3n) is 5.90. The molecule has 7 unspecified atom stereocenters. The zero-order chi connectivity index (χ0) is 27.1. The largest absolute Gasteiger partial charge is 0.400 e. The zero-order valence-corrected chi connectivity index (χ0v) is 23.8. The van der Waals surface area contributed by atoms with Crippen molar-refractivity contribution in [2.45, 2.75) is 104 Å². The van der Waals surface area contributed by atoms with Crippen LogP contribution in [0.5, 0.6) is 0 Å². The van der Waals surface area contributed by atoms with Crippen molar-refractivity contribution in [1.29, 1.82) is 0 Å². The third-order valence-corrected chi connectivity index (χ3v) is 5.90. The van der Waals surface area contributed by atoms with Crippen LogP contribution in [0.1, 0.15) is 73.6 Å². The maximum Gasteiger partial charge on any atom is 0.180 e. The van der Waals surface area contributed by atoms with E-state index in [1.807, 2.05) is 45.9 Å². The first-order valence-corrected chi connectivity index (χ1v) is 12.5. The summed E-state index contributed by atoms with van der Waals surface area (Å²) in [6.07, 6.45) is 8.45. The Morgan fingerprint density at radius 3 is 1.85 bits per heavy atom. The van der Waals surface area contributed by atoms with Gasteiger partial charge in [0.25, 0.3) is 0 Å². The fraction of sp³-hybridized carbons (Fsp3) is 0.852. The number of rotatable bonds is 17. The summed E-state index contributed by atoms with van der Waals surface area (Å²) in [6.45, 7) is 12.4. The van der Waals surface area contributed by atoms with Gasteiger partial charge in [-0.05, 0) is 38.5 Å². The molecule has 34 heavy (non-hydrogen) atoms. The van der Waals surface area contributed by atoms with Crippen LogP contribution in [0.4, 0.5) is 0 Å². The second kappa shape index (κ2) is 25.3. The topological polar surface area (TPSA) is 97.6 Å². The van der Waals surface area contributed by atoms with Gasteiger partial charge in [0.1, 0.15) is 6.10 Å². The van der Waals surface area contributed by atoms with E-state index in [4.69, 9.17) is 24.1 Å². The number of methoxy groups -OCH3 is 4. The lowest BCUT2D eigenvalue weighted by molar-refractivity contribution is -0.164. The number of aliphatic hydroxyl groups excluding tert-OH is 3. The first kappa shape index (κ1) is 37.7. The highest BCUT2D eigenvalue weighted by Gasteiger charge is 2.23. The molecule has 0 saturated carbocycles. The molecule has 0 amide bonds. The fourth-order valence-corrected chi connectivity index (χ4v) is 3.64. The van der Waals surface area contributed by atoms with Gasteiger partial charge in [-0.15, -0.1) is 0 Å². The Labute approximate surface area is 210 Å². The number of hydrogen-bond donors (Lipinski definition) is 3. The molecule has 0 aromatic heterocycles. The van der Waals surface area contributed by atoms with Crippen LogP contribution >= 0.6 is 0 Å². The van der Waals surface area contributed by atoms with Gasteiger partial charge in [-0.25, -0.2) is 0 Å². The van der Waals surface area contributed by atoms with E-state index in [-0.39, 0.29) is 24.2 Å². The van der Waals surface area contributed by atoms with Crippen LogP contribution in [-0.2, 0) is 18.9 Å². The molecular formula is C27H56O7. The number of hydrogen-bond acceptors (Lipinski definition) is 7. The Kier molecular flexibility index (Phi) is 28.1. The van der Waals surface area contributed by atoms with Gasteiger partial charge in [0.05, 0.1) is 18.3 Å². The molecule has 0 aromatic rings. The molecule has 0 aromatic carbocycles. The van der Waals surface area contributed by atoms with Gasteiger partial charge in [0.2, 0.25) is 0 Å². The molecule has 0 spiro atoms. The van der Waals surface area contributed by atoms with E-state index in [2.05, 4.69) is 13.8 Å². The summed E-state index contributed by atoms with van der Waals surface area (Å²) in [5.41, 5.74) is 1.15. The van der Waals surface area contributed by atoms with E-state index in [0.717, 1.165) is 38.4 Å². The highest BCUT2D eigenvalue weighted by atomic mass is 16.6.